The van der Waals surface area contributed by atoms with Crippen molar-refractivity contribution in [1.82, 2.24) is 13.7 Å². The van der Waals surface area contributed by atoms with E-state index in [4.69, 9.17) is 26.5 Å². The van der Waals surface area contributed by atoms with Crippen molar-refractivity contribution in [2.45, 2.75) is 46.3 Å². The first kappa shape index (κ1) is 35.6. The number of hydrogen-bond donors (Lipinski definition) is 1. The highest BCUT2D eigenvalue weighted by Gasteiger charge is 2.32. The molecule has 0 saturated heterocycles. The number of ether oxygens (including phenoxy) is 2. The van der Waals surface area contributed by atoms with E-state index in [0.29, 0.717) is 11.3 Å². The second-order valence-electron chi connectivity index (χ2n) is 10.1. The topological polar surface area (TPSA) is 153 Å². The van der Waals surface area contributed by atoms with Gasteiger partial charge in [0.25, 0.3) is 11.5 Å². The SMILES string of the molecule is Cc1oc2c(c1CC(=O)/N=c1\scc(-c3ccc(OC(F)(F)F)c(Cl)c3)n1COC(=O)[C@@H](N)C(C)C)c(=O)n(C)c(=O)n2C.Cl. The molecule has 3 heterocycles. The van der Waals surface area contributed by atoms with E-state index in [1.54, 1.807) is 26.2 Å². The van der Waals surface area contributed by atoms with E-state index in [2.05, 4.69) is 9.73 Å². The number of halogens is 5. The number of hydrogen-bond acceptors (Lipinski definition) is 9. The van der Waals surface area contributed by atoms with Crippen LogP contribution in [0.5, 0.6) is 5.75 Å². The van der Waals surface area contributed by atoms with E-state index in [1.165, 1.54) is 30.8 Å². The number of carbonyl (C=O) groups excluding carboxylic acids is 2. The molecule has 12 nitrogen and oxygen atoms in total. The van der Waals surface area contributed by atoms with Gasteiger partial charge in [0.2, 0.25) is 5.71 Å². The van der Waals surface area contributed by atoms with Crippen molar-refractivity contribution in [3.05, 3.63) is 65.6 Å². The molecule has 3 aromatic heterocycles. The minimum absolute atomic E-state index is 0. The van der Waals surface area contributed by atoms with Crippen LogP contribution in [-0.2, 0) is 41.6 Å². The zero-order chi connectivity index (χ0) is 32.7. The molecule has 1 aromatic carbocycles. The summed E-state index contributed by atoms with van der Waals surface area (Å²) in [7, 11) is 2.73. The van der Waals surface area contributed by atoms with Crippen LogP contribution < -0.4 is 26.5 Å². The van der Waals surface area contributed by atoms with E-state index in [-0.39, 0.29) is 57.0 Å². The monoisotopic (exact) mass is 693 g/mol. The van der Waals surface area contributed by atoms with Crippen LogP contribution in [0.1, 0.15) is 25.2 Å². The molecule has 1 amide bonds. The number of esters is 1. The van der Waals surface area contributed by atoms with Gasteiger partial charge < -0.3 is 19.6 Å². The molecule has 0 radical (unpaired) electrons. The minimum Gasteiger partial charge on any atom is -0.444 e. The second-order valence-corrected chi connectivity index (χ2v) is 11.3. The molecule has 4 rings (SSSR count). The number of thiazole rings is 1. The molecule has 0 aliphatic heterocycles. The summed E-state index contributed by atoms with van der Waals surface area (Å²) >= 11 is 7.03. The van der Waals surface area contributed by atoms with Gasteiger partial charge in [-0.25, -0.2) is 4.79 Å². The van der Waals surface area contributed by atoms with Gasteiger partial charge in [-0.2, -0.15) is 4.99 Å². The van der Waals surface area contributed by atoms with Crippen molar-refractivity contribution in [3.8, 4) is 17.0 Å². The maximum atomic E-state index is 13.2. The van der Waals surface area contributed by atoms with Crippen molar-refractivity contribution in [3.63, 3.8) is 0 Å². The zero-order valence-electron chi connectivity index (χ0n) is 24.4. The summed E-state index contributed by atoms with van der Waals surface area (Å²) in [5, 5.41) is 1.26. The fraction of sp³-hybridized carbons (Fsp3) is 0.370. The van der Waals surface area contributed by atoms with Crippen LogP contribution in [0.3, 0.4) is 0 Å². The lowest BCUT2D eigenvalue weighted by Crippen LogP contribution is -2.37. The third kappa shape index (κ3) is 7.52. The molecule has 0 bridgehead atoms. The molecular weight excluding hydrogens is 666 g/mol. The second kappa shape index (κ2) is 13.6. The Labute approximate surface area is 267 Å². The predicted octanol–water partition coefficient (Wildman–Crippen LogP) is 3.80. The minimum atomic E-state index is -4.96. The number of nitrogens with zero attached hydrogens (tertiary/aromatic N) is 4. The standard InChI is InChI=1S/C27H27ClF3N5O7S.ClH/c1-12(2)21(32)24(39)41-11-36-17(14-6-7-18(16(28)8-14)43-27(29,30)31)10-44-25(36)33-19(37)9-15-13(3)42-23-20(15)22(38)34(4)26(40)35(23)5;/h6-8,10,12,21H,9,11,32H2,1-5H3;1H/b33-25-;/t21-;/m0./s1. The van der Waals surface area contributed by atoms with Gasteiger partial charge in [-0.3, -0.25) is 28.1 Å². The maximum absolute atomic E-state index is 13.2. The highest BCUT2D eigenvalue weighted by atomic mass is 35.5. The number of carbonyl (C=O) groups is 2. The number of amides is 1. The number of alkyl halides is 3. The summed E-state index contributed by atoms with van der Waals surface area (Å²) < 4.78 is 56.5. The van der Waals surface area contributed by atoms with Crippen LogP contribution in [0.4, 0.5) is 13.2 Å². The lowest BCUT2D eigenvalue weighted by molar-refractivity contribution is -0.274. The van der Waals surface area contributed by atoms with Crippen LogP contribution in [0, 0.1) is 12.8 Å². The number of benzene rings is 1. The Kier molecular flexibility index (Phi) is 10.8. The normalized spacial score (nSPS) is 12.8. The van der Waals surface area contributed by atoms with Gasteiger partial charge in [0.15, 0.2) is 11.5 Å². The van der Waals surface area contributed by atoms with E-state index in [1.807, 2.05) is 0 Å². The third-order valence-corrected chi connectivity index (χ3v) is 7.87. The molecule has 244 valence electrons. The van der Waals surface area contributed by atoms with E-state index >= 15 is 0 Å². The molecule has 0 unspecified atom stereocenters. The smallest absolute Gasteiger partial charge is 0.444 e. The molecule has 0 aliphatic carbocycles. The molecule has 0 spiro atoms. The highest BCUT2D eigenvalue weighted by molar-refractivity contribution is 7.07. The quantitative estimate of drug-likeness (QED) is 0.274. The van der Waals surface area contributed by atoms with Gasteiger partial charge in [-0.05, 0) is 31.0 Å². The average Bonchev–Trinajstić information content (AvgIpc) is 3.49. The largest absolute Gasteiger partial charge is 0.573 e. The summed E-state index contributed by atoms with van der Waals surface area (Å²) in [6, 6.07) is 2.61. The Balaban J connectivity index is 0.00000552. The van der Waals surface area contributed by atoms with Crippen molar-refractivity contribution in [2.24, 2.45) is 30.7 Å². The molecule has 0 aliphatic rings. The van der Waals surface area contributed by atoms with Crippen molar-refractivity contribution in [2.75, 3.05) is 0 Å². The highest BCUT2D eigenvalue weighted by Crippen LogP contribution is 2.34. The summed E-state index contributed by atoms with van der Waals surface area (Å²) in [5.41, 5.74) is 5.52. The van der Waals surface area contributed by atoms with Gasteiger partial charge in [-0.15, -0.1) is 36.9 Å². The average molecular weight is 695 g/mol. The Hall–Kier alpha value is -3.86. The van der Waals surface area contributed by atoms with Gasteiger partial charge in [0.1, 0.15) is 22.9 Å². The molecule has 4 aromatic rings. The van der Waals surface area contributed by atoms with Gasteiger partial charge in [0.05, 0.1) is 17.1 Å². The Bertz CT molecular complexity index is 1960. The molecular formula is C27H28Cl2F3N5O7S. The number of fused-ring (bicyclic) bond motifs is 1. The van der Waals surface area contributed by atoms with Crippen LogP contribution in [0.25, 0.3) is 22.4 Å². The first-order valence-corrected chi connectivity index (χ1v) is 14.2. The first-order chi connectivity index (χ1) is 20.5. The first-order valence-electron chi connectivity index (χ1n) is 12.9. The van der Waals surface area contributed by atoms with Gasteiger partial charge in [0, 0.05) is 30.6 Å². The van der Waals surface area contributed by atoms with Crippen LogP contribution in [0.2, 0.25) is 5.02 Å². The molecule has 45 heavy (non-hydrogen) atoms. The molecule has 0 saturated carbocycles. The fourth-order valence-electron chi connectivity index (χ4n) is 4.23. The summed E-state index contributed by atoms with van der Waals surface area (Å²) in [6.45, 7) is 4.56. The van der Waals surface area contributed by atoms with E-state index in [0.717, 1.165) is 26.5 Å². The zero-order valence-corrected chi connectivity index (χ0v) is 26.8. The van der Waals surface area contributed by atoms with Crippen molar-refractivity contribution >= 4 is 58.3 Å². The van der Waals surface area contributed by atoms with Crippen LogP contribution >= 0.6 is 35.3 Å². The number of furan rings is 1. The number of aryl methyl sites for hydroxylation is 2. The maximum Gasteiger partial charge on any atom is 0.573 e. The van der Waals surface area contributed by atoms with Crippen LogP contribution in [-0.4, -0.2) is 38.0 Å². The van der Waals surface area contributed by atoms with Crippen molar-refractivity contribution in [1.29, 1.82) is 0 Å². The number of rotatable bonds is 8. The Morgan fingerprint density at radius 1 is 1.18 bits per heavy atom. The van der Waals surface area contributed by atoms with Gasteiger partial charge in [-0.1, -0.05) is 25.4 Å². The predicted molar refractivity (Wildman–Crippen MR) is 161 cm³/mol. The van der Waals surface area contributed by atoms with Crippen LogP contribution in [0.15, 0.2) is 42.6 Å². The molecule has 2 N–H and O–H groups in total. The molecule has 18 heteroatoms. The summed E-state index contributed by atoms with van der Waals surface area (Å²) in [4.78, 5) is 55.1. The Morgan fingerprint density at radius 3 is 2.44 bits per heavy atom. The summed E-state index contributed by atoms with van der Waals surface area (Å²) in [5.74, 6) is -2.04. The number of nitrogens with two attached hydrogens (primary N) is 1. The molecule has 1 atom stereocenters. The van der Waals surface area contributed by atoms with Crippen molar-refractivity contribution < 1.29 is 36.7 Å². The fourth-order valence-corrected chi connectivity index (χ4v) is 5.37. The third-order valence-electron chi connectivity index (χ3n) is 6.71. The summed E-state index contributed by atoms with van der Waals surface area (Å²) in [6.07, 6.45) is -5.33. The lowest BCUT2D eigenvalue weighted by Gasteiger charge is -2.16. The van der Waals surface area contributed by atoms with Gasteiger partial charge >= 0.3 is 18.0 Å². The van der Waals surface area contributed by atoms with E-state index < -0.39 is 48.0 Å². The van der Waals surface area contributed by atoms with E-state index in [9.17, 15) is 32.3 Å². The molecule has 0 fully saturated rings. The Morgan fingerprint density at radius 2 is 1.84 bits per heavy atom. The lowest BCUT2D eigenvalue weighted by atomic mass is 10.1. The number of aromatic nitrogens is 3.